The van der Waals surface area contributed by atoms with E-state index in [2.05, 4.69) is 10.3 Å². The molecule has 198 valence electrons. The summed E-state index contributed by atoms with van der Waals surface area (Å²) in [4.78, 5) is 43.7. The number of carbonyl (C=O) groups is 3. The Balaban J connectivity index is 1.49. The van der Waals surface area contributed by atoms with Crippen LogP contribution >= 0.6 is 0 Å². The number of pyridine rings is 1. The van der Waals surface area contributed by atoms with Crippen molar-refractivity contribution < 1.29 is 28.2 Å². The Morgan fingerprint density at radius 1 is 0.974 bits per heavy atom. The van der Waals surface area contributed by atoms with E-state index in [1.54, 1.807) is 48.7 Å². The molecule has 0 saturated heterocycles. The fraction of sp³-hybridized carbons (Fsp3) is 0.172. The molecule has 39 heavy (non-hydrogen) atoms. The van der Waals surface area contributed by atoms with Crippen molar-refractivity contribution in [2.24, 2.45) is 11.1 Å². The standard InChI is InChI=1S/C29H25FN4O5/c1-32-26(35)22-15-21-23(16-25(22)38-2)33-14-11-24(21)39-20-9-7-19(8-10-20)34(18-5-3-17(30)4-6-18)28(37)29(12-13-29)27(31)36/h3-11,14-16H,12-13H2,1-2H3,(H2,31,36)(H,32,35). The van der Waals surface area contributed by atoms with Crippen molar-refractivity contribution in [3.05, 3.63) is 84.3 Å². The summed E-state index contributed by atoms with van der Waals surface area (Å²) in [6, 6.07) is 17.1. The minimum absolute atomic E-state index is 0.317. The number of hydrogen-bond acceptors (Lipinski definition) is 6. The van der Waals surface area contributed by atoms with Crippen LogP contribution < -0.4 is 25.4 Å². The molecule has 5 rings (SSSR count). The van der Waals surface area contributed by atoms with E-state index in [4.69, 9.17) is 15.2 Å². The Hall–Kier alpha value is -4.99. The first-order valence-electron chi connectivity index (χ1n) is 12.1. The van der Waals surface area contributed by atoms with Gasteiger partial charge in [0.2, 0.25) is 11.8 Å². The molecule has 0 bridgehead atoms. The Kier molecular flexibility index (Phi) is 6.61. The van der Waals surface area contributed by atoms with Gasteiger partial charge in [0.05, 0.1) is 18.2 Å². The molecule has 3 amide bonds. The zero-order valence-corrected chi connectivity index (χ0v) is 21.2. The van der Waals surface area contributed by atoms with Gasteiger partial charge in [-0.25, -0.2) is 4.39 Å². The van der Waals surface area contributed by atoms with Crippen LogP contribution in [0.25, 0.3) is 10.9 Å². The van der Waals surface area contributed by atoms with Gasteiger partial charge < -0.3 is 20.5 Å². The highest BCUT2D eigenvalue weighted by molar-refractivity contribution is 6.16. The third-order valence-corrected chi connectivity index (χ3v) is 6.74. The number of benzene rings is 3. The Morgan fingerprint density at radius 2 is 1.62 bits per heavy atom. The average Bonchev–Trinajstić information content (AvgIpc) is 3.77. The molecule has 9 nitrogen and oxygen atoms in total. The van der Waals surface area contributed by atoms with Crippen LogP contribution in [0.1, 0.15) is 23.2 Å². The van der Waals surface area contributed by atoms with E-state index in [1.807, 2.05) is 0 Å². The largest absolute Gasteiger partial charge is 0.496 e. The molecule has 1 aliphatic rings. The number of carbonyl (C=O) groups excluding carboxylic acids is 3. The molecule has 10 heteroatoms. The molecule has 1 saturated carbocycles. The van der Waals surface area contributed by atoms with E-state index in [0.29, 0.717) is 57.9 Å². The highest BCUT2D eigenvalue weighted by Crippen LogP contribution is 2.49. The van der Waals surface area contributed by atoms with E-state index in [-0.39, 0.29) is 5.91 Å². The molecule has 0 spiro atoms. The van der Waals surface area contributed by atoms with Crippen LogP contribution in [0, 0.1) is 11.2 Å². The number of ether oxygens (including phenoxy) is 2. The number of hydrogen-bond donors (Lipinski definition) is 2. The van der Waals surface area contributed by atoms with Crippen LogP contribution in [0.3, 0.4) is 0 Å². The zero-order valence-electron chi connectivity index (χ0n) is 21.2. The van der Waals surface area contributed by atoms with E-state index in [0.717, 1.165) is 0 Å². The van der Waals surface area contributed by atoms with Gasteiger partial charge >= 0.3 is 0 Å². The van der Waals surface area contributed by atoms with Crippen molar-refractivity contribution in [1.29, 1.82) is 0 Å². The fourth-order valence-corrected chi connectivity index (χ4v) is 4.39. The van der Waals surface area contributed by atoms with Crippen LogP contribution in [-0.2, 0) is 9.59 Å². The molecule has 0 unspecified atom stereocenters. The van der Waals surface area contributed by atoms with Crippen LogP contribution in [0.4, 0.5) is 15.8 Å². The van der Waals surface area contributed by atoms with Gasteiger partial charge in [0, 0.05) is 36.1 Å². The third-order valence-electron chi connectivity index (χ3n) is 6.74. The maximum Gasteiger partial charge on any atom is 0.254 e. The predicted molar refractivity (Wildman–Crippen MR) is 143 cm³/mol. The number of amides is 3. The normalized spacial score (nSPS) is 13.4. The molecule has 4 aromatic rings. The number of nitrogens with zero attached hydrogens (tertiary/aromatic N) is 2. The van der Waals surface area contributed by atoms with Crippen molar-refractivity contribution >= 4 is 40.0 Å². The van der Waals surface area contributed by atoms with Crippen LogP contribution in [-0.4, -0.2) is 36.9 Å². The third kappa shape index (κ3) is 4.72. The summed E-state index contributed by atoms with van der Waals surface area (Å²) in [7, 11) is 3.01. The minimum Gasteiger partial charge on any atom is -0.496 e. The Morgan fingerprint density at radius 3 is 2.18 bits per heavy atom. The summed E-state index contributed by atoms with van der Waals surface area (Å²) in [5.41, 5.74) is 6.05. The predicted octanol–water partition coefficient (Wildman–Crippen LogP) is 4.46. The van der Waals surface area contributed by atoms with E-state index < -0.39 is 23.0 Å². The number of nitrogens with one attached hydrogen (secondary N) is 1. The second-order valence-electron chi connectivity index (χ2n) is 9.12. The van der Waals surface area contributed by atoms with Gasteiger partial charge in [-0.15, -0.1) is 0 Å². The highest BCUT2D eigenvalue weighted by Gasteiger charge is 2.57. The first kappa shape index (κ1) is 25.7. The zero-order chi connectivity index (χ0) is 27.7. The molecule has 1 aliphatic carbocycles. The van der Waals surface area contributed by atoms with Gasteiger partial charge in [0.25, 0.3) is 5.91 Å². The minimum atomic E-state index is -1.27. The topological polar surface area (TPSA) is 124 Å². The number of nitrogens with two attached hydrogens (primary N) is 1. The lowest BCUT2D eigenvalue weighted by molar-refractivity contribution is -0.133. The van der Waals surface area contributed by atoms with Gasteiger partial charge in [-0.1, -0.05) is 0 Å². The second-order valence-corrected chi connectivity index (χ2v) is 9.12. The number of rotatable bonds is 8. The molecule has 3 aromatic carbocycles. The lowest BCUT2D eigenvalue weighted by Crippen LogP contribution is -2.41. The van der Waals surface area contributed by atoms with Crippen LogP contribution in [0.5, 0.6) is 17.2 Å². The summed E-state index contributed by atoms with van der Waals surface area (Å²) in [5, 5.41) is 3.19. The molecule has 3 N–H and O–H groups in total. The number of anilines is 2. The SMILES string of the molecule is CNC(=O)c1cc2c(Oc3ccc(N(C(=O)C4(C(N)=O)CC4)c4ccc(F)cc4)cc3)ccnc2cc1OC. The number of halogens is 1. The van der Waals surface area contributed by atoms with Crippen molar-refractivity contribution in [1.82, 2.24) is 10.3 Å². The first-order valence-corrected chi connectivity index (χ1v) is 12.1. The summed E-state index contributed by atoms with van der Waals surface area (Å²) in [5.74, 6) is -0.631. The van der Waals surface area contributed by atoms with Crippen LogP contribution in [0.15, 0.2) is 72.9 Å². The van der Waals surface area contributed by atoms with Gasteiger partial charge in [-0.2, -0.15) is 0 Å². The van der Waals surface area contributed by atoms with Gasteiger partial charge in [-0.05, 0) is 73.5 Å². The summed E-state index contributed by atoms with van der Waals surface area (Å²) in [6.45, 7) is 0. The van der Waals surface area contributed by atoms with E-state index in [1.165, 1.54) is 43.3 Å². The highest BCUT2D eigenvalue weighted by atomic mass is 19.1. The van der Waals surface area contributed by atoms with Crippen LogP contribution in [0.2, 0.25) is 0 Å². The molecule has 1 fully saturated rings. The van der Waals surface area contributed by atoms with Gasteiger partial charge in [0.15, 0.2) is 0 Å². The molecular formula is C29H25FN4O5. The number of fused-ring (bicyclic) bond motifs is 1. The van der Waals surface area contributed by atoms with E-state index in [9.17, 15) is 18.8 Å². The lowest BCUT2D eigenvalue weighted by atomic mass is 10.0. The van der Waals surface area contributed by atoms with E-state index >= 15 is 0 Å². The monoisotopic (exact) mass is 528 g/mol. The maximum atomic E-state index is 13.6. The molecule has 0 aliphatic heterocycles. The molecule has 1 aromatic heterocycles. The van der Waals surface area contributed by atoms with Crippen molar-refractivity contribution in [2.75, 3.05) is 19.1 Å². The van der Waals surface area contributed by atoms with Gasteiger partial charge in [-0.3, -0.25) is 24.3 Å². The van der Waals surface area contributed by atoms with Crippen molar-refractivity contribution in [2.45, 2.75) is 12.8 Å². The summed E-state index contributed by atoms with van der Waals surface area (Å²) < 4.78 is 25.1. The Labute approximate surface area is 223 Å². The number of primary amides is 1. The lowest BCUT2D eigenvalue weighted by Gasteiger charge is -2.26. The number of methoxy groups -OCH3 is 1. The maximum absolute atomic E-state index is 13.6. The summed E-state index contributed by atoms with van der Waals surface area (Å²) in [6.07, 6.45) is 2.30. The second kappa shape index (κ2) is 10.1. The quantitative estimate of drug-likeness (QED) is 0.326. The Bertz CT molecular complexity index is 1580. The van der Waals surface area contributed by atoms with Crippen molar-refractivity contribution in [3.8, 4) is 17.2 Å². The molecular weight excluding hydrogens is 503 g/mol. The molecule has 0 radical (unpaired) electrons. The molecule has 1 heterocycles. The average molecular weight is 529 g/mol. The summed E-state index contributed by atoms with van der Waals surface area (Å²) >= 11 is 0. The molecule has 0 atom stereocenters. The van der Waals surface area contributed by atoms with Gasteiger partial charge in [0.1, 0.15) is 28.5 Å². The number of aromatic nitrogens is 1. The fourth-order valence-electron chi connectivity index (χ4n) is 4.39. The smallest absolute Gasteiger partial charge is 0.254 e. The van der Waals surface area contributed by atoms with Crippen molar-refractivity contribution in [3.63, 3.8) is 0 Å². The first-order chi connectivity index (χ1) is 18.8.